The summed E-state index contributed by atoms with van der Waals surface area (Å²) in [6.45, 7) is 8.12. The highest BCUT2D eigenvalue weighted by molar-refractivity contribution is 6.30. The second kappa shape index (κ2) is 8.83. The average molecular weight is 385 g/mol. The van der Waals surface area contributed by atoms with Crippen LogP contribution in [0.2, 0.25) is 5.02 Å². The molecule has 0 bridgehead atoms. The number of nitrogens with zero attached hydrogens (tertiary/aromatic N) is 1. The molecule has 0 radical (unpaired) electrons. The van der Waals surface area contributed by atoms with E-state index in [-0.39, 0.29) is 10.9 Å². The first-order valence-electron chi connectivity index (χ1n) is 8.76. The number of amides is 1. The van der Waals surface area contributed by atoms with E-state index < -0.39 is 5.82 Å². The van der Waals surface area contributed by atoms with Gasteiger partial charge in [0, 0.05) is 12.1 Å². The summed E-state index contributed by atoms with van der Waals surface area (Å²) in [7, 11) is 0. The molecular formula is C22H22ClFN2O. The SMILES string of the molecule is CCCNC(=O)/C(C)=C(\C)c1cc(C#N)cc(-c2ccc(Cl)c(F)c2)c1C. The number of rotatable bonds is 5. The van der Waals surface area contributed by atoms with Crippen LogP contribution in [0.5, 0.6) is 0 Å². The van der Waals surface area contributed by atoms with E-state index in [9.17, 15) is 14.4 Å². The molecule has 2 rings (SSSR count). The van der Waals surface area contributed by atoms with Gasteiger partial charge in [-0.15, -0.1) is 0 Å². The fraction of sp³-hybridized carbons (Fsp3) is 0.273. The molecule has 0 aliphatic carbocycles. The van der Waals surface area contributed by atoms with Crippen molar-refractivity contribution in [1.29, 1.82) is 5.26 Å². The third-order valence-corrected chi connectivity index (χ3v) is 4.92. The molecule has 0 aliphatic heterocycles. The van der Waals surface area contributed by atoms with Crippen LogP contribution in [0.3, 0.4) is 0 Å². The molecule has 0 saturated heterocycles. The van der Waals surface area contributed by atoms with Gasteiger partial charge in [-0.1, -0.05) is 24.6 Å². The number of halogens is 2. The molecule has 2 aromatic rings. The maximum absolute atomic E-state index is 13.9. The topological polar surface area (TPSA) is 52.9 Å². The lowest BCUT2D eigenvalue weighted by molar-refractivity contribution is -0.117. The van der Waals surface area contributed by atoms with E-state index in [1.54, 1.807) is 25.1 Å². The molecule has 0 unspecified atom stereocenters. The van der Waals surface area contributed by atoms with Crippen LogP contribution in [-0.2, 0) is 4.79 Å². The number of hydrogen-bond acceptors (Lipinski definition) is 2. The summed E-state index contributed by atoms with van der Waals surface area (Å²) in [6, 6.07) is 10.2. The minimum atomic E-state index is -0.514. The van der Waals surface area contributed by atoms with Gasteiger partial charge in [0.1, 0.15) is 5.82 Å². The number of benzene rings is 2. The van der Waals surface area contributed by atoms with E-state index in [0.717, 1.165) is 28.7 Å². The van der Waals surface area contributed by atoms with Crippen LogP contribution >= 0.6 is 11.6 Å². The quantitative estimate of drug-likeness (QED) is 0.677. The van der Waals surface area contributed by atoms with Gasteiger partial charge in [0.2, 0.25) is 5.91 Å². The smallest absolute Gasteiger partial charge is 0.247 e. The van der Waals surface area contributed by atoms with Gasteiger partial charge in [-0.2, -0.15) is 5.26 Å². The van der Waals surface area contributed by atoms with E-state index >= 15 is 0 Å². The van der Waals surface area contributed by atoms with Crippen LogP contribution < -0.4 is 5.32 Å². The largest absolute Gasteiger partial charge is 0.352 e. The molecule has 0 saturated carbocycles. The fourth-order valence-electron chi connectivity index (χ4n) is 2.88. The molecule has 2 aromatic carbocycles. The molecule has 0 atom stereocenters. The molecule has 0 fully saturated rings. The van der Waals surface area contributed by atoms with Crippen LogP contribution in [0.1, 0.15) is 43.9 Å². The van der Waals surface area contributed by atoms with Crippen LogP contribution in [-0.4, -0.2) is 12.5 Å². The Kier molecular flexibility index (Phi) is 6.76. The summed E-state index contributed by atoms with van der Waals surface area (Å²) in [6.07, 6.45) is 0.854. The van der Waals surface area contributed by atoms with Crippen molar-refractivity contribution in [3.8, 4) is 17.2 Å². The van der Waals surface area contributed by atoms with Crippen molar-refractivity contribution in [2.75, 3.05) is 6.54 Å². The first kappa shape index (κ1) is 20.7. The van der Waals surface area contributed by atoms with Gasteiger partial charge in [-0.3, -0.25) is 4.79 Å². The van der Waals surface area contributed by atoms with E-state index in [0.29, 0.717) is 23.2 Å². The Hall–Kier alpha value is -2.64. The molecule has 1 amide bonds. The standard InChI is InChI=1S/C22H22ClFN2O/c1-5-8-26-22(27)14(3)13(2)18-9-16(12-25)10-19(15(18)4)17-6-7-20(23)21(24)11-17/h6-7,9-11H,5,8H2,1-4H3,(H,26,27)/b14-13+. The highest BCUT2D eigenvalue weighted by Crippen LogP contribution is 2.33. The number of hydrogen-bond donors (Lipinski definition) is 1. The lowest BCUT2D eigenvalue weighted by atomic mass is 9.89. The van der Waals surface area contributed by atoms with Crippen molar-refractivity contribution >= 4 is 23.1 Å². The molecule has 27 heavy (non-hydrogen) atoms. The summed E-state index contributed by atoms with van der Waals surface area (Å²) in [5.41, 5.74) is 4.86. The Bertz CT molecular complexity index is 958. The molecule has 1 N–H and O–H groups in total. The molecular weight excluding hydrogens is 363 g/mol. The lowest BCUT2D eigenvalue weighted by Crippen LogP contribution is -2.25. The summed E-state index contributed by atoms with van der Waals surface area (Å²) >= 11 is 5.79. The van der Waals surface area contributed by atoms with Crippen molar-refractivity contribution in [1.82, 2.24) is 5.32 Å². The minimum Gasteiger partial charge on any atom is -0.352 e. The van der Waals surface area contributed by atoms with E-state index in [2.05, 4.69) is 11.4 Å². The molecule has 5 heteroatoms. The normalized spacial score (nSPS) is 11.6. The predicted molar refractivity (Wildman–Crippen MR) is 108 cm³/mol. The third-order valence-electron chi connectivity index (χ3n) is 4.61. The van der Waals surface area contributed by atoms with Gasteiger partial charge in [0.15, 0.2) is 0 Å². The Balaban J connectivity index is 2.63. The third kappa shape index (κ3) is 4.56. The van der Waals surface area contributed by atoms with Gasteiger partial charge >= 0.3 is 0 Å². The first-order chi connectivity index (χ1) is 12.8. The van der Waals surface area contributed by atoms with Crippen molar-refractivity contribution in [2.45, 2.75) is 34.1 Å². The van der Waals surface area contributed by atoms with Crippen LogP contribution in [0.25, 0.3) is 16.7 Å². The highest BCUT2D eigenvalue weighted by atomic mass is 35.5. The number of nitrogens with one attached hydrogen (secondary N) is 1. The summed E-state index contributed by atoms with van der Waals surface area (Å²) in [4.78, 5) is 12.3. The van der Waals surface area contributed by atoms with Crippen molar-refractivity contribution < 1.29 is 9.18 Å². The van der Waals surface area contributed by atoms with E-state index in [1.165, 1.54) is 12.1 Å². The number of carbonyl (C=O) groups is 1. The first-order valence-corrected chi connectivity index (χ1v) is 9.14. The molecule has 140 valence electrons. The molecule has 3 nitrogen and oxygen atoms in total. The second-order valence-corrected chi connectivity index (χ2v) is 6.85. The number of allylic oxidation sites excluding steroid dienone is 1. The van der Waals surface area contributed by atoms with Gasteiger partial charge in [0.05, 0.1) is 16.7 Å². The number of nitriles is 1. The minimum absolute atomic E-state index is 0.0487. The zero-order chi connectivity index (χ0) is 20.1. The van der Waals surface area contributed by atoms with E-state index in [1.807, 2.05) is 20.8 Å². The average Bonchev–Trinajstić information content (AvgIpc) is 2.67. The van der Waals surface area contributed by atoms with Crippen LogP contribution in [0, 0.1) is 24.1 Å². The van der Waals surface area contributed by atoms with Gasteiger partial charge in [0.25, 0.3) is 0 Å². The molecule has 0 aliphatic rings. The fourth-order valence-corrected chi connectivity index (χ4v) is 2.99. The van der Waals surface area contributed by atoms with Gasteiger partial charge in [-0.05, 0) is 79.3 Å². The number of carbonyl (C=O) groups excluding carboxylic acids is 1. The maximum atomic E-state index is 13.9. The van der Waals surface area contributed by atoms with Crippen LogP contribution in [0.4, 0.5) is 4.39 Å². The lowest BCUT2D eigenvalue weighted by Gasteiger charge is -2.16. The molecule has 0 heterocycles. The second-order valence-electron chi connectivity index (χ2n) is 6.44. The highest BCUT2D eigenvalue weighted by Gasteiger charge is 2.15. The Morgan fingerprint density at radius 1 is 1.26 bits per heavy atom. The Morgan fingerprint density at radius 2 is 1.96 bits per heavy atom. The van der Waals surface area contributed by atoms with Crippen molar-refractivity contribution in [3.05, 3.63) is 63.4 Å². The maximum Gasteiger partial charge on any atom is 0.247 e. The van der Waals surface area contributed by atoms with Gasteiger partial charge in [-0.25, -0.2) is 4.39 Å². The van der Waals surface area contributed by atoms with Crippen LogP contribution in [0.15, 0.2) is 35.9 Å². The Labute approximate surface area is 164 Å². The summed E-state index contributed by atoms with van der Waals surface area (Å²) < 4.78 is 13.9. The summed E-state index contributed by atoms with van der Waals surface area (Å²) in [5.74, 6) is -0.643. The predicted octanol–water partition coefficient (Wildman–Crippen LogP) is 5.65. The summed E-state index contributed by atoms with van der Waals surface area (Å²) in [5, 5.41) is 12.3. The van der Waals surface area contributed by atoms with Gasteiger partial charge < -0.3 is 5.32 Å². The molecule has 0 aromatic heterocycles. The zero-order valence-corrected chi connectivity index (χ0v) is 16.7. The van der Waals surface area contributed by atoms with Crippen molar-refractivity contribution in [2.24, 2.45) is 0 Å². The molecule has 0 spiro atoms. The van der Waals surface area contributed by atoms with Crippen molar-refractivity contribution in [3.63, 3.8) is 0 Å². The zero-order valence-electron chi connectivity index (χ0n) is 15.9. The van der Waals surface area contributed by atoms with E-state index in [4.69, 9.17) is 11.6 Å². The Morgan fingerprint density at radius 3 is 2.56 bits per heavy atom. The monoisotopic (exact) mass is 384 g/mol.